The number of nitro groups is 1. The van der Waals surface area contributed by atoms with Gasteiger partial charge in [0.05, 0.1) is 24.4 Å². The summed E-state index contributed by atoms with van der Waals surface area (Å²) in [5, 5.41) is 15.1. The van der Waals surface area contributed by atoms with E-state index < -0.39 is 10.8 Å². The Kier molecular flexibility index (Phi) is 6.60. The number of ether oxygens (including phenoxy) is 2. The van der Waals surface area contributed by atoms with Crippen LogP contribution in [0.25, 0.3) is 0 Å². The zero-order valence-electron chi connectivity index (χ0n) is 14.3. The molecule has 1 amide bonds. The molecule has 0 radical (unpaired) electrons. The van der Waals surface area contributed by atoms with Gasteiger partial charge < -0.3 is 9.47 Å². The van der Waals surface area contributed by atoms with Gasteiger partial charge in [0.25, 0.3) is 5.91 Å². The first kappa shape index (κ1) is 18.8. The van der Waals surface area contributed by atoms with Gasteiger partial charge in [0.2, 0.25) is 5.75 Å². The average molecular weight is 358 g/mol. The van der Waals surface area contributed by atoms with Crippen LogP contribution in [0.3, 0.4) is 0 Å². The van der Waals surface area contributed by atoms with E-state index in [1.165, 1.54) is 42.9 Å². The predicted octanol–water partition coefficient (Wildman–Crippen LogP) is 2.55. The second-order valence-electron chi connectivity index (χ2n) is 4.92. The quantitative estimate of drug-likeness (QED) is 0.440. The monoisotopic (exact) mass is 358 g/mol. The molecule has 1 N–H and O–H groups in total. The van der Waals surface area contributed by atoms with Gasteiger partial charge in [-0.05, 0) is 26.0 Å². The SMILES string of the molecule is CCOc1cc(OCC)c([N+](=O)[O-])cc1/C=N\NC(=O)c1ccncc1. The number of benzene rings is 1. The van der Waals surface area contributed by atoms with Gasteiger partial charge in [-0.25, -0.2) is 5.43 Å². The van der Waals surface area contributed by atoms with Crippen molar-refractivity contribution in [3.05, 3.63) is 57.9 Å². The van der Waals surface area contributed by atoms with Crippen molar-refractivity contribution in [2.45, 2.75) is 13.8 Å². The van der Waals surface area contributed by atoms with E-state index in [0.717, 1.165) is 0 Å². The molecule has 0 fully saturated rings. The third-order valence-electron chi connectivity index (χ3n) is 3.20. The molecule has 0 aliphatic rings. The summed E-state index contributed by atoms with van der Waals surface area (Å²) in [6, 6.07) is 5.81. The Morgan fingerprint density at radius 1 is 1.23 bits per heavy atom. The molecule has 0 atom stereocenters. The number of nitrogens with zero attached hydrogens (tertiary/aromatic N) is 3. The van der Waals surface area contributed by atoms with Crippen molar-refractivity contribution in [1.82, 2.24) is 10.4 Å². The Hall–Kier alpha value is -3.49. The molecule has 2 aromatic rings. The Balaban J connectivity index is 2.27. The number of hydrogen-bond acceptors (Lipinski definition) is 7. The standard InChI is InChI=1S/C17H18N4O5/c1-3-25-15-10-16(26-4-2)14(21(23)24)9-13(15)11-19-20-17(22)12-5-7-18-8-6-12/h5-11H,3-4H2,1-2H3,(H,20,22)/b19-11-. The number of rotatable bonds is 8. The molecule has 9 nitrogen and oxygen atoms in total. The maximum atomic E-state index is 11.9. The van der Waals surface area contributed by atoms with E-state index in [-0.39, 0.29) is 18.0 Å². The molecule has 0 aliphatic heterocycles. The van der Waals surface area contributed by atoms with Crippen LogP contribution in [0.5, 0.6) is 11.5 Å². The lowest BCUT2D eigenvalue weighted by Gasteiger charge is -2.10. The number of carbonyl (C=O) groups is 1. The van der Waals surface area contributed by atoms with Crippen molar-refractivity contribution in [3.8, 4) is 11.5 Å². The molecule has 0 spiro atoms. The van der Waals surface area contributed by atoms with Gasteiger partial charge in [-0.15, -0.1) is 0 Å². The van der Waals surface area contributed by atoms with Crippen LogP contribution in [-0.2, 0) is 0 Å². The van der Waals surface area contributed by atoms with Crippen molar-refractivity contribution in [2.75, 3.05) is 13.2 Å². The number of carbonyl (C=O) groups excluding carboxylic acids is 1. The second kappa shape index (κ2) is 9.11. The average Bonchev–Trinajstić information content (AvgIpc) is 2.64. The van der Waals surface area contributed by atoms with Gasteiger partial charge >= 0.3 is 5.69 Å². The maximum absolute atomic E-state index is 11.9. The first-order valence-corrected chi connectivity index (χ1v) is 7.88. The molecule has 1 aromatic heterocycles. The highest BCUT2D eigenvalue weighted by atomic mass is 16.6. The van der Waals surface area contributed by atoms with Crippen molar-refractivity contribution < 1.29 is 19.2 Å². The van der Waals surface area contributed by atoms with E-state index in [1.807, 2.05) is 0 Å². The summed E-state index contributed by atoms with van der Waals surface area (Å²) in [7, 11) is 0. The van der Waals surface area contributed by atoms with E-state index in [1.54, 1.807) is 13.8 Å². The van der Waals surface area contributed by atoms with Crippen LogP contribution < -0.4 is 14.9 Å². The van der Waals surface area contributed by atoms with Crippen molar-refractivity contribution in [1.29, 1.82) is 0 Å². The number of hydrazone groups is 1. The molecule has 9 heteroatoms. The molecule has 26 heavy (non-hydrogen) atoms. The van der Waals surface area contributed by atoms with Gasteiger partial charge in [-0.1, -0.05) is 0 Å². The normalized spacial score (nSPS) is 10.5. The topological polar surface area (TPSA) is 116 Å². The molecule has 2 rings (SSSR count). The largest absolute Gasteiger partial charge is 0.493 e. The fourth-order valence-electron chi connectivity index (χ4n) is 2.09. The number of pyridine rings is 1. The van der Waals surface area contributed by atoms with E-state index in [4.69, 9.17) is 9.47 Å². The van der Waals surface area contributed by atoms with Crippen molar-refractivity contribution in [2.24, 2.45) is 5.10 Å². The Morgan fingerprint density at radius 2 is 1.88 bits per heavy atom. The lowest BCUT2D eigenvalue weighted by Crippen LogP contribution is -2.17. The highest BCUT2D eigenvalue weighted by Gasteiger charge is 2.19. The second-order valence-corrected chi connectivity index (χ2v) is 4.92. The van der Waals surface area contributed by atoms with Gasteiger partial charge in [0.15, 0.2) is 0 Å². The lowest BCUT2D eigenvalue weighted by molar-refractivity contribution is -0.385. The predicted molar refractivity (Wildman–Crippen MR) is 94.7 cm³/mol. The number of amides is 1. The van der Waals surface area contributed by atoms with Crippen LogP contribution in [0.2, 0.25) is 0 Å². The van der Waals surface area contributed by atoms with Gasteiger partial charge in [-0.3, -0.25) is 19.9 Å². The zero-order valence-corrected chi connectivity index (χ0v) is 14.3. The Labute approximate surface area is 149 Å². The molecule has 1 heterocycles. The number of hydrogen-bond donors (Lipinski definition) is 1. The molecule has 0 saturated heterocycles. The summed E-state index contributed by atoms with van der Waals surface area (Å²) in [4.78, 5) is 26.5. The minimum atomic E-state index is -0.548. The minimum absolute atomic E-state index is 0.110. The lowest BCUT2D eigenvalue weighted by atomic mass is 10.1. The van der Waals surface area contributed by atoms with Crippen LogP contribution >= 0.6 is 0 Å². The first-order valence-electron chi connectivity index (χ1n) is 7.88. The molecule has 0 bridgehead atoms. The summed E-state index contributed by atoms with van der Waals surface area (Å²) in [5.74, 6) is 0.0458. The van der Waals surface area contributed by atoms with E-state index in [9.17, 15) is 14.9 Å². The summed E-state index contributed by atoms with van der Waals surface area (Å²) >= 11 is 0. The molecule has 0 aliphatic carbocycles. The summed E-state index contributed by atoms with van der Waals surface area (Å²) in [6.07, 6.45) is 4.26. The number of nitrogens with one attached hydrogen (secondary N) is 1. The molecule has 0 unspecified atom stereocenters. The summed E-state index contributed by atoms with van der Waals surface area (Å²) in [6.45, 7) is 4.15. The fourth-order valence-corrected chi connectivity index (χ4v) is 2.09. The number of aromatic nitrogens is 1. The first-order chi connectivity index (χ1) is 12.6. The zero-order chi connectivity index (χ0) is 18.9. The van der Waals surface area contributed by atoms with Crippen molar-refractivity contribution >= 4 is 17.8 Å². The molecule has 136 valence electrons. The van der Waals surface area contributed by atoms with E-state index in [2.05, 4.69) is 15.5 Å². The summed E-state index contributed by atoms with van der Waals surface area (Å²) in [5.41, 5.74) is 2.87. The Bertz CT molecular complexity index is 808. The van der Waals surface area contributed by atoms with E-state index >= 15 is 0 Å². The van der Waals surface area contributed by atoms with Crippen LogP contribution in [0.1, 0.15) is 29.8 Å². The maximum Gasteiger partial charge on any atom is 0.311 e. The highest BCUT2D eigenvalue weighted by molar-refractivity contribution is 5.95. The van der Waals surface area contributed by atoms with Crippen LogP contribution in [0.15, 0.2) is 41.8 Å². The third-order valence-corrected chi connectivity index (χ3v) is 3.20. The highest BCUT2D eigenvalue weighted by Crippen LogP contribution is 2.34. The Morgan fingerprint density at radius 3 is 2.50 bits per heavy atom. The fraction of sp³-hybridized carbons (Fsp3) is 0.235. The van der Waals surface area contributed by atoms with Crippen LogP contribution in [-0.4, -0.2) is 35.2 Å². The van der Waals surface area contributed by atoms with Gasteiger partial charge in [-0.2, -0.15) is 5.10 Å². The van der Waals surface area contributed by atoms with E-state index in [0.29, 0.717) is 23.5 Å². The minimum Gasteiger partial charge on any atom is -0.493 e. The smallest absolute Gasteiger partial charge is 0.311 e. The third kappa shape index (κ3) is 4.76. The van der Waals surface area contributed by atoms with Crippen LogP contribution in [0, 0.1) is 10.1 Å². The molecular weight excluding hydrogens is 340 g/mol. The number of nitro benzene ring substituents is 1. The van der Waals surface area contributed by atoms with Gasteiger partial charge in [0, 0.05) is 35.7 Å². The van der Waals surface area contributed by atoms with Crippen molar-refractivity contribution in [3.63, 3.8) is 0 Å². The summed E-state index contributed by atoms with van der Waals surface area (Å²) < 4.78 is 10.8. The molecular formula is C17H18N4O5. The molecule has 0 saturated carbocycles. The van der Waals surface area contributed by atoms with Crippen LogP contribution in [0.4, 0.5) is 5.69 Å². The molecule has 1 aromatic carbocycles. The van der Waals surface area contributed by atoms with Gasteiger partial charge in [0.1, 0.15) is 5.75 Å².